The average Bonchev–Trinajstić information content (AvgIpc) is 2.35. The van der Waals surface area contributed by atoms with Crippen molar-refractivity contribution in [2.75, 3.05) is 5.75 Å². The fourth-order valence-electron chi connectivity index (χ4n) is 1.66. The van der Waals surface area contributed by atoms with Gasteiger partial charge < -0.3 is 5.11 Å². The molecule has 19 heavy (non-hydrogen) atoms. The Bertz CT molecular complexity index is 515. The Balaban J connectivity index is 3.07. The van der Waals surface area contributed by atoms with Crippen LogP contribution in [0.5, 0.6) is 0 Å². The number of hydrogen-bond donors (Lipinski definition) is 1. The van der Waals surface area contributed by atoms with Gasteiger partial charge in [0.2, 0.25) is 0 Å². The van der Waals surface area contributed by atoms with Gasteiger partial charge in [0.05, 0.1) is 4.92 Å². The van der Waals surface area contributed by atoms with Gasteiger partial charge in [0.25, 0.3) is 5.69 Å². The lowest BCUT2D eigenvalue weighted by Crippen LogP contribution is -2.10. The number of aromatic carboxylic acids is 1. The molecule has 1 unspecified atom stereocenters. The number of nitro groups is 1. The number of benzene rings is 1. The Morgan fingerprint density at radius 1 is 1.47 bits per heavy atom. The number of hydrogen-bond acceptors (Lipinski definition) is 4. The van der Waals surface area contributed by atoms with Gasteiger partial charge >= 0.3 is 5.97 Å². The molecule has 0 spiro atoms. The van der Waals surface area contributed by atoms with Gasteiger partial charge in [0.15, 0.2) is 0 Å². The van der Waals surface area contributed by atoms with E-state index in [1.807, 2.05) is 6.92 Å². The van der Waals surface area contributed by atoms with Gasteiger partial charge in [-0.05, 0) is 12.0 Å². The van der Waals surface area contributed by atoms with Gasteiger partial charge in [-0.3, -0.25) is 14.3 Å². The molecule has 0 radical (unpaired) electrons. The van der Waals surface area contributed by atoms with E-state index in [4.69, 9.17) is 5.11 Å². The second-order valence-corrected chi connectivity index (χ2v) is 5.59. The van der Waals surface area contributed by atoms with E-state index >= 15 is 0 Å². The van der Waals surface area contributed by atoms with E-state index in [2.05, 4.69) is 0 Å². The molecule has 7 heteroatoms. The van der Waals surface area contributed by atoms with Gasteiger partial charge in [-0.15, -0.1) is 0 Å². The van der Waals surface area contributed by atoms with Crippen LogP contribution in [-0.2, 0) is 16.6 Å². The van der Waals surface area contributed by atoms with Gasteiger partial charge in [0.1, 0.15) is 5.56 Å². The van der Waals surface area contributed by atoms with Crippen molar-refractivity contribution in [2.24, 2.45) is 0 Å². The minimum absolute atomic E-state index is 0.0311. The molecule has 1 aromatic rings. The predicted octanol–water partition coefficient (Wildman–Crippen LogP) is 2.34. The first-order valence-electron chi connectivity index (χ1n) is 5.82. The molecular formula is C12H15NO5S. The molecule has 0 amide bonds. The molecule has 6 nitrogen and oxygen atoms in total. The summed E-state index contributed by atoms with van der Waals surface area (Å²) in [5.74, 6) is -0.864. The van der Waals surface area contributed by atoms with Crippen LogP contribution in [0.1, 0.15) is 35.7 Å². The predicted molar refractivity (Wildman–Crippen MR) is 71.7 cm³/mol. The molecular weight excluding hydrogens is 270 g/mol. The highest BCUT2D eigenvalue weighted by molar-refractivity contribution is 7.84. The molecule has 0 heterocycles. The van der Waals surface area contributed by atoms with Crippen molar-refractivity contribution in [2.45, 2.75) is 25.5 Å². The monoisotopic (exact) mass is 285 g/mol. The molecule has 1 rings (SSSR count). The van der Waals surface area contributed by atoms with Crippen molar-refractivity contribution in [3.05, 3.63) is 39.4 Å². The standard InChI is InChI=1S/C12H15NO5S/c1-2-3-7-19(18)8-9-5-4-6-10(13(16)17)11(9)12(14)15/h4-6H,2-3,7-8H2,1H3,(H,14,15). The lowest BCUT2D eigenvalue weighted by Gasteiger charge is -2.06. The molecule has 1 aromatic carbocycles. The van der Waals surface area contributed by atoms with E-state index in [1.165, 1.54) is 12.1 Å². The molecule has 0 aliphatic carbocycles. The van der Waals surface area contributed by atoms with Crippen LogP contribution in [0.3, 0.4) is 0 Å². The maximum atomic E-state index is 11.8. The smallest absolute Gasteiger partial charge is 0.343 e. The number of carboxylic acid groups (broad SMARTS) is 1. The third-order valence-electron chi connectivity index (χ3n) is 2.58. The lowest BCUT2D eigenvalue weighted by molar-refractivity contribution is -0.385. The van der Waals surface area contributed by atoms with Gasteiger partial charge in [-0.1, -0.05) is 25.5 Å². The Labute approximate surface area is 113 Å². The lowest BCUT2D eigenvalue weighted by atomic mass is 10.1. The summed E-state index contributed by atoms with van der Waals surface area (Å²) in [4.78, 5) is 21.2. The van der Waals surface area contributed by atoms with Crippen LogP contribution in [0, 0.1) is 10.1 Å². The second kappa shape index (κ2) is 6.98. The third-order valence-corrected chi connectivity index (χ3v) is 3.96. The summed E-state index contributed by atoms with van der Waals surface area (Å²) in [6, 6.07) is 4.03. The van der Waals surface area contributed by atoms with Crippen molar-refractivity contribution in [3.63, 3.8) is 0 Å². The fourth-order valence-corrected chi connectivity index (χ4v) is 3.00. The SMILES string of the molecule is CCCCS(=O)Cc1cccc([N+](=O)[O-])c1C(=O)O. The number of unbranched alkanes of at least 4 members (excludes halogenated alkanes) is 1. The number of rotatable bonds is 7. The topological polar surface area (TPSA) is 97.5 Å². The fraction of sp³-hybridized carbons (Fsp3) is 0.417. The summed E-state index contributed by atoms with van der Waals surface area (Å²) in [5.41, 5.74) is -0.578. The first-order chi connectivity index (χ1) is 8.97. The highest BCUT2D eigenvalue weighted by Gasteiger charge is 2.23. The normalized spacial score (nSPS) is 12.1. The van der Waals surface area contributed by atoms with Crippen LogP contribution in [-0.4, -0.2) is 26.0 Å². The maximum Gasteiger partial charge on any atom is 0.343 e. The summed E-state index contributed by atoms with van der Waals surface area (Å²) < 4.78 is 11.8. The van der Waals surface area contributed by atoms with Crippen molar-refractivity contribution < 1.29 is 19.0 Å². The Morgan fingerprint density at radius 2 is 2.16 bits per heavy atom. The first-order valence-corrected chi connectivity index (χ1v) is 7.30. The van der Waals surface area contributed by atoms with Crippen LogP contribution in [0.2, 0.25) is 0 Å². The molecule has 0 aliphatic heterocycles. The quantitative estimate of drug-likeness (QED) is 0.612. The van der Waals surface area contributed by atoms with E-state index in [0.717, 1.165) is 18.9 Å². The van der Waals surface area contributed by atoms with E-state index in [9.17, 15) is 19.1 Å². The van der Waals surface area contributed by atoms with Crippen LogP contribution < -0.4 is 0 Å². The summed E-state index contributed by atoms with van der Waals surface area (Å²) in [6.45, 7) is 1.97. The first kappa shape index (κ1) is 15.3. The largest absolute Gasteiger partial charge is 0.477 e. The van der Waals surface area contributed by atoms with Gasteiger partial charge in [-0.2, -0.15) is 0 Å². The molecule has 1 atom stereocenters. The van der Waals surface area contributed by atoms with Crippen LogP contribution >= 0.6 is 0 Å². The van der Waals surface area contributed by atoms with Crippen molar-refractivity contribution in [1.29, 1.82) is 0 Å². The van der Waals surface area contributed by atoms with Gasteiger partial charge in [-0.25, -0.2) is 4.79 Å². The molecule has 1 N–H and O–H groups in total. The zero-order chi connectivity index (χ0) is 14.4. The van der Waals surface area contributed by atoms with E-state index in [1.54, 1.807) is 0 Å². The molecule has 0 fully saturated rings. The number of nitro benzene ring substituents is 1. The van der Waals surface area contributed by atoms with E-state index < -0.39 is 27.4 Å². The molecule has 104 valence electrons. The molecule has 0 bridgehead atoms. The second-order valence-electron chi connectivity index (χ2n) is 4.02. The highest BCUT2D eigenvalue weighted by Crippen LogP contribution is 2.23. The van der Waals surface area contributed by atoms with Crippen LogP contribution in [0.4, 0.5) is 5.69 Å². The summed E-state index contributed by atoms with van der Waals surface area (Å²) in [7, 11) is -1.21. The minimum atomic E-state index is -1.37. The summed E-state index contributed by atoms with van der Waals surface area (Å²) in [5, 5.41) is 19.9. The van der Waals surface area contributed by atoms with E-state index in [-0.39, 0.29) is 16.9 Å². The summed E-state index contributed by atoms with van der Waals surface area (Å²) >= 11 is 0. The maximum absolute atomic E-state index is 11.8. The van der Waals surface area contributed by atoms with Crippen LogP contribution in [0.15, 0.2) is 18.2 Å². The van der Waals surface area contributed by atoms with Crippen molar-refractivity contribution in [3.8, 4) is 0 Å². The molecule has 0 aromatic heterocycles. The highest BCUT2D eigenvalue weighted by atomic mass is 32.2. The van der Waals surface area contributed by atoms with Crippen molar-refractivity contribution in [1.82, 2.24) is 0 Å². The Kier molecular flexibility index (Phi) is 5.62. The molecule has 0 saturated carbocycles. The average molecular weight is 285 g/mol. The third kappa shape index (κ3) is 4.13. The number of carboxylic acids is 1. The minimum Gasteiger partial charge on any atom is -0.477 e. The van der Waals surface area contributed by atoms with Crippen LogP contribution in [0.25, 0.3) is 0 Å². The zero-order valence-electron chi connectivity index (χ0n) is 10.5. The Hall–Kier alpha value is -1.76. The molecule has 0 saturated heterocycles. The van der Waals surface area contributed by atoms with Crippen molar-refractivity contribution >= 4 is 22.5 Å². The van der Waals surface area contributed by atoms with E-state index in [0.29, 0.717) is 5.75 Å². The number of nitrogens with zero attached hydrogens (tertiary/aromatic N) is 1. The Morgan fingerprint density at radius 3 is 2.68 bits per heavy atom. The van der Waals surface area contributed by atoms with Gasteiger partial charge in [0, 0.05) is 28.4 Å². The molecule has 0 aliphatic rings. The number of carbonyl (C=O) groups is 1. The summed E-state index contributed by atoms with van der Waals surface area (Å²) in [6.07, 6.45) is 1.68. The zero-order valence-corrected chi connectivity index (χ0v) is 11.3.